The van der Waals surface area contributed by atoms with Gasteiger partial charge >= 0.3 is 0 Å². The zero-order valence-corrected chi connectivity index (χ0v) is 12.6. The van der Waals surface area contributed by atoms with Crippen molar-refractivity contribution in [3.05, 3.63) is 36.2 Å². The van der Waals surface area contributed by atoms with Crippen molar-refractivity contribution in [2.75, 3.05) is 13.1 Å². The van der Waals surface area contributed by atoms with Crippen LogP contribution in [-0.4, -0.2) is 39.2 Å². The van der Waals surface area contributed by atoms with Gasteiger partial charge in [0.25, 0.3) is 0 Å². The number of hydrogen-bond acceptors (Lipinski definition) is 5. The highest BCUT2D eigenvalue weighted by Gasteiger charge is 2.06. The second-order valence-electron chi connectivity index (χ2n) is 4.74. The van der Waals surface area contributed by atoms with E-state index < -0.39 is 0 Å². The van der Waals surface area contributed by atoms with Crippen molar-refractivity contribution in [2.24, 2.45) is 11.7 Å². The number of carbonyl (C=O) groups is 1. The number of rotatable bonds is 6. The Morgan fingerprint density at radius 2 is 2.10 bits per heavy atom. The molecule has 0 aliphatic rings. The summed E-state index contributed by atoms with van der Waals surface area (Å²) in [6, 6.07) is 7.54. The molecule has 2 aromatic rings. The molecule has 8 heteroatoms. The zero-order chi connectivity index (χ0) is 14.4. The van der Waals surface area contributed by atoms with E-state index in [9.17, 15) is 4.79 Å². The average Bonchev–Trinajstić information content (AvgIpc) is 2.99. The summed E-state index contributed by atoms with van der Waals surface area (Å²) in [4.78, 5) is 11.8. The topological polar surface area (TPSA) is 98.7 Å². The Hall–Kier alpha value is -1.99. The van der Waals surface area contributed by atoms with E-state index in [2.05, 4.69) is 20.8 Å². The van der Waals surface area contributed by atoms with Gasteiger partial charge in [-0.05, 0) is 40.6 Å². The van der Waals surface area contributed by atoms with Gasteiger partial charge in [-0.2, -0.15) is 0 Å². The lowest BCUT2D eigenvalue weighted by atomic mass is 10.1. The van der Waals surface area contributed by atoms with Crippen LogP contribution in [0.2, 0.25) is 0 Å². The normalized spacial score (nSPS) is 11.5. The third-order valence-electron chi connectivity index (χ3n) is 2.96. The fourth-order valence-electron chi connectivity index (χ4n) is 1.67. The minimum Gasteiger partial charge on any atom is -0.356 e. The molecule has 0 fully saturated rings. The number of nitrogens with one attached hydrogen (secondary N) is 1. The predicted molar refractivity (Wildman–Crippen MR) is 81.3 cm³/mol. The van der Waals surface area contributed by atoms with Crippen molar-refractivity contribution >= 4 is 18.3 Å². The maximum Gasteiger partial charge on any atom is 0.224 e. The first-order valence-electron chi connectivity index (χ1n) is 6.48. The van der Waals surface area contributed by atoms with Crippen LogP contribution in [0, 0.1) is 5.92 Å². The number of nitrogens with two attached hydrogens (primary N) is 1. The number of aromatic nitrogens is 4. The van der Waals surface area contributed by atoms with Crippen molar-refractivity contribution in [1.82, 2.24) is 25.5 Å². The number of benzene rings is 1. The summed E-state index contributed by atoms with van der Waals surface area (Å²) in [6.45, 7) is 3.18. The standard InChI is InChI=1S/C13H18N6O.ClH/c1-10(7-14)8-15-13(20)6-11-2-4-12(5-3-11)19-9-16-17-18-19;/h2-5,9-10H,6-8,14H2,1H3,(H,15,20);1H. The lowest BCUT2D eigenvalue weighted by Gasteiger charge is -2.10. The second kappa shape index (κ2) is 8.33. The molecule has 1 amide bonds. The summed E-state index contributed by atoms with van der Waals surface area (Å²) in [5, 5.41) is 13.8. The van der Waals surface area contributed by atoms with Crippen LogP contribution < -0.4 is 11.1 Å². The predicted octanol–water partition coefficient (Wildman–Crippen LogP) is 0.338. The van der Waals surface area contributed by atoms with Gasteiger partial charge in [-0.3, -0.25) is 4.79 Å². The Balaban J connectivity index is 0.00000220. The number of amides is 1. The highest BCUT2D eigenvalue weighted by atomic mass is 35.5. The smallest absolute Gasteiger partial charge is 0.224 e. The average molecular weight is 311 g/mol. The molecule has 1 atom stereocenters. The third kappa shape index (κ3) is 5.13. The van der Waals surface area contributed by atoms with Gasteiger partial charge in [0.15, 0.2) is 0 Å². The van der Waals surface area contributed by atoms with Crippen LogP contribution in [0.25, 0.3) is 5.69 Å². The van der Waals surface area contributed by atoms with Crippen LogP contribution in [0.1, 0.15) is 12.5 Å². The Morgan fingerprint density at radius 1 is 1.38 bits per heavy atom. The van der Waals surface area contributed by atoms with E-state index in [1.54, 1.807) is 4.68 Å². The van der Waals surface area contributed by atoms with Crippen LogP contribution in [-0.2, 0) is 11.2 Å². The minimum absolute atomic E-state index is 0. The van der Waals surface area contributed by atoms with Gasteiger partial charge in [0.2, 0.25) is 5.91 Å². The van der Waals surface area contributed by atoms with Gasteiger partial charge in [-0.1, -0.05) is 19.1 Å². The molecule has 1 heterocycles. The molecule has 0 bridgehead atoms. The highest BCUT2D eigenvalue weighted by Crippen LogP contribution is 2.08. The second-order valence-corrected chi connectivity index (χ2v) is 4.74. The summed E-state index contributed by atoms with van der Waals surface area (Å²) < 4.78 is 1.56. The van der Waals surface area contributed by atoms with Crippen LogP contribution in [0.5, 0.6) is 0 Å². The van der Waals surface area contributed by atoms with Crippen molar-refractivity contribution in [2.45, 2.75) is 13.3 Å². The van der Waals surface area contributed by atoms with Crippen LogP contribution in [0.4, 0.5) is 0 Å². The van der Waals surface area contributed by atoms with Crippen LogP contribution >= 0.6 is 12.4 Å². The van der Waals surface area contributed by atoms with E-state index >= 15 is 0 Å². The van der Waals surface area contributed by atoms with Crippen molar-refractivity contribution in [3.63, 3.8) is 0 Å². The zero-order valence-electron chi connectivity index (χ0n) is 11.8. The van der Waals surface area contributed by atoms with Gasteiger partial charge in [-0.25, -0.2) is 4.68 Å². The SMILES string of the molecule is CC(CN)CNC(=O)Cc1ccc(-n2cnnn2)cc1.Cl. The summed E-state index contributed by atoms with van der Waals surface area (Å²) in [6.07, 6.45) is 1.88. The Bertz CT molecular complexity index is 542. The fourth-order valence-corrected chi connectivity index (χ4v) is 1.67. The van der Waals surface area contributed by atoms with Crippen molar-refractivity contribution in [1.29, 1.82) is 0 Å². The summed E-state index contributed by atoms with van der Waals surface area (Å²) in [5.41, 5.74) is 7.31. The molecule has 2 rings (SSSR count). The van der Waals surface area contributed by atoms with Crippen molar-refractivity contribution in [3.8, 4) is 5.69 Å². The lowest BCUT2D eigenvalue weighted by molar-refractivity contribution is -0.120. The molecule has 21 heavy (non-hydrogen) atoms. The minimum atomic E-state index is 0. The van der Waals surface area contributed by atoms with Crippen LogP contribution in [0.3, 0.4) is 0 Å². The maximum atomic E-state index is 11.8. The molecule has 3 N–H and O–H groups in total. The number of carbonyl (C=O) groups excluding carboxylic acids is 1. The molecule has 7 nitrogen and oxygen atoms in total. The van der Waals surface area contributed by atoms with E-state index in [0.29, 0.717) is 25.4 Å². The van der Waals surface area contributed by atoms with Gasteiger partial charge in [0.05, 0.1) is 12.1 Å². The van der Waals surface area contributed by atoms with Gasteiger partial charge in [0.1, 0.15) is 6.33 Å². The van der Waals surface area contributed by atoms with E-state index in [4.69, 9.17) is 5.73 Å². The molecule has 0 spiro atoms. The number of halogens is 1. The van der Waals surface area contributed by atoms with Gasteiger partial charge in [0, 0.05) is 6.54 Å². The molecular weight excluding hydrogens is 292 g/mol. The summed E-state index contributed by atoms with van der Waals surface area (Å²) in [7, 11) is 0. The molecule has 0 saturated carbocycles. The first-order chi connectivity index (χ1) is 9.69. The van der Waals surface area contributed by atoms with Crippen molar-refractivity contribution < 1.29 is 4.79 Å². The molecule has 114 valence electrons. The summed E-state index contributed by atoms with van der Waals surface area (Å²) >= 11 is 0. The molecule has 0 radical (unpaired) electrons. The monoisotopic (exact) mass is 310 g/mol. The molecule has 0 aliphatic carbocycles. The van der Waals surface area contributed by atoms with E-state index in [0.717, 1.165) is 11.3 Å². The molecule has 1 unspecified atom stereocenters. The summed E-state index contributed by atoms with van der Waals surface area (Å²) in [5.74, 6) is 0.293. The lowest BCUT2D eigenvalue weighted by Crippen LogP contribution is -2.32. The van der Waals surface area contributed by atoms with E-state index in [1.807, 2.05) is 31.2 Å². The third-order valence-corrected chi connectivity index (χ3v) is 2.96. The number of nitrogens with zero attached hydrogens (tertiary/aromatic N) is 4. The first-order valence-corrected chi connectivity index (χ1v) is 6.48. The highest BCUT2D eigenvalue weighted by molar-refractivity contribution is 5.85. The Kier molecular flexibility index (Phi) is 6.77. The quantitative estimate of drug-likeness (QED) is 0.801. The van der Waals surface area contributed by atoms with E-state index in [-0.39, 0.29) is 18.3 Å². The van der Waals surface area contributed by atoms with Gasteiger partial charge in [-0.15, -0.1) is 17.5 Å². The number of tetrazole rings is 1. The van der Waals surface area contributed by atoms with Gasteiger partial charge < -0.3 is 11.1 Å². The molecular formula is C13H19ClN6O. The maximum absolute atomic E-state index is 11.8. The fraction of sp³-hybridized carbons (Fsp3) is 0.385. The molecule has 1 aromatic carbocycles. The van der Waals surface area contributed by atoms with E-state index in [1.165, 1.54) is 6.33 Å². The Labute approximate surface area is 129 Å². The number of hydrogen-bond donors (Lipinski definition) is 2. The first kappa shape index (κ1) is 17.1. The molecule has 1 aromatic heterocycles. The van der Waals surface area contributed by atoms with Crippen LogP contribution in [0.15, 0.2) is 30.6 Å². The Morgan fingerprint density at radius 3 is 2.67 bits per heavy atom. The largest absolute Gasteiger partial charge is 0.356 e. The molecule has 0 aliphatic heterocycles. The molecule has 0 saturated heterocycles.